The van der Waals surface area contributed by atoms with Gasteiger partial charge in [0.1, 0.15) is 5.82 Å². The Morgan fingerprint density at radius 2 is 2.29 bits per heavy atom. The molecule has 17 heavy (non-hydrogen) atoms. The summed E-state index contributed by atoms with van der Waals surface area (Å²) in [5.74, 6) is 0.604. The van der Waals surface area contributed by atoms with Gasteiger partial charge in [-0.3, -0.25) is 0 Å². The van der Waals surface area contributed by atoms with E-state index in [1.54, 1.807) is 6.92 Å². The molecule has 1 aliphatic carbocycles. The Kier molecular flexibility index (Phi) is 3.61. The minimum absolute atomic E-state index is 0.143. The van der Waals surface area contributed by atoms with Crippen molar-refractivity contribution in [1.82, 2.24) is 14.7 Å². The van der Waals surface area contributed by atoms with E-state index >= 15 is 0 Å². The van der Waals surface area contributed by atoms with E-state index in [-0.39, 0.29) is 10.4 Å². The normalized spacial score (nSPS) is 18.2. The highest BCUT2D eigenvalue weighted by molar-refractivity contribution is 9.09. The van der Waals surface area contributed by atoms with Crippen molar-refractivity contribution in [3.8, 4) is 0 Å². The third-order valence-electron chi connectivity index (χ3n) is 3.19. The Morgan fingerprint density at radius 1 is 1.59 bits per heavy atom. The van der Waals surface area contributed by atoms with Crippen LogP contribution in [0, 0.1) is 12.3 Å². The first-order valence-corrected chi connectivity index (χ1v) is 8.15. The molecule has 0 radical (unpaired) electrons. The van der Waals surface area contributed by atoms with E-state index in [4.69, 9.17) is 0 Å². The summed E-state index contributed by atoms with van der Waals surface area (Å²) in [6.45, 7) is 2.24. The fourth-order valence-corrected chi connectivity index (χ4v) is 3.72. The summed E-state index contributed by atoms with van der Waals surface area (Å²) in [5, 5.41) is 1.06. The molecule has 2 N–H and O–H groups in total. The molecule has 7 heteroatoms. The molecule has 0 aliphatic heterocycles. The van der Waals surface area contributed by atoms with Crippen LogP contribution in [0.4, 0.5) is 0 Å². The maximum atomic E-state index is 11.9. The summed E-state index contributed by atoms with van der Waals surface area (Å²) in [4.78, 5) is 6.63. The van der Waals surface area contributed by atoms with E-state index < -0.39 is 10.0 Å². The number of hydrogen-bond donors (Lipinski definition) is 2. The van der Waals surface area contributed by atoms with E-state index in [1.165, 1.54) is 6.20 Å². The molecule has 1 aromatic heterocycles. The number of nitrogens with one attached hydrogen (secondary N) is 2. The van der Waals surface area contributed by atoms with E-state index in [9.17, 15) is 8.42 Å². The largest absolute Gasteiger partial charge is 0.332 e. The van der Waals surface area contributed by atoms with Gasteiger partial charge in [-0.15, -0.1) is 0 Å². The van der Waals surface area contributed by atoms with Gasteiger partial charge >= 0.3 is 0 Å². The van der Waals surface area contributed by atoms with Gasteiger partial charge in [0.25, 0.3) is 10.0 Å². The minimum atomic E-state index is -3.43. The van der Waals surface area contributed by atoms with Crippen molar-refractivity contribution in [2.75, 3.05) is 11.9 Å². The molecule has 1 fully saturated rings. The summed E-state index contributed by atoms with van der Waals surface area (Å²) < 4.78 is 26.5. The Labute approximate surface area is 110 Å². The number of halogens is 1. The quantitative estimate of drug-likeness (QED) is 0.781. The van der Waals surface area contributed by atoms with E-state index in [0.29, 0.717) is 12.4 Å². The van der Waals surface area contributed by atoms with Crippen molar-refractivity contribution in [1.29, 1.82) is 0 Å². The van der Waals surface area contributed by atoms with Crippen LogP contribution >= 0.6 is 15.9 Å². The van der Waals surface area contributed by atoms with Crippen molar-refractivity contribution in [3.05, 3.63) is 12.0 Å². The number of hydrogen-bond acceptors (Lipinski definition) is 3. The van der Waals surface area contributed by atoms with Crippen molar-refractivity contribution in [2.45, 2.75) is 31.2 Å². The number of aryl methyl sites for hydroxylation is 1. The van der Waals surface area contributed by atoms with Gasteiger partial charge in [0.2, 0.25) is 0 Å². The number of imidazole rings is 1. The van der Waals surface area contributed by atoms with Crippen LogP contribution in [0.2, 0.25) is 0 Å². The molecule has 96 valence electrons. The van der Waals surface area contributed by atoms with Gasteiger partial charge < -0.3 is 4.98 Å². The second kappa shape index (κ2) is 4.70. The van der Waals surface area contributed by atoms with E-state index in [0.717, 1.165) is 24.6 Å². The van der Waals surface area contributed by atoms with Crippen LogP contribution in [-0.2, 0) is 10.0 Å². The molecular weight excluding hydrogens is 306 g/mol. The molecule has 5 nitrogen and oxygen atoms in total. The van der Waals surface area contributed by atoms with Gasteiger partial charge in [0.15, 0.2) is 5.03 Å². The molecule has 0 bridgehead atoms. The van der Waals surface area contributed by atoms with E-state index in [1.807, 2.05) is 0 Å². The second-order valence-corrected chi connectivity index (χ2v) is 7.12. The molecule has 1 aliphatic rings. The maximum absolute atomic E-state index is 11.9. The predicted octanol–water partition coefficient (Wildman–Crippen LogP) is 1.56. The minimum Gasteiger partial charge on any atom is -0.332 e. The molecule has 0 unspecified atom stereocenters. The standard InChI is InChI=1S/C10H16BrN3O2S/c1-8-12-6-9(14-8)17(15,16)13-7-10(2-3-10)4-5-11/h6,13H,2-5,7H2,1H3,(H,12,14). The highest BCUT2D eigenvalue weighted by Crippen LogP contribution is 2.48. The third-order valence-corrected chi connectivity index (χ3v) is 4.90. The Bertz CT molecular complexity index is 493. The van der Waals surface area contributed by atoms with Crippen LogP contribution in [0.25, 0.3) is 0 Å². The average Bonchev–Trinajstić information content (AvgIpc) is 2.89. The van der Waals surface area contributed by atoms with Crippen molar-refractivity contribution < 1.29 is 8.42 Å². The average molecular weight is 322 g/mol. The zero-order valence-electron chi connectivity index (χ0n) is 9.66. The number of alkyl halides is 1. The topological polar surface area (TPSA) is 74.8 Å². The van der Waals surface area contributed by atoms with Gasteiger partial charge in [-0.25, -0.2) is 18.1 Å². The second-order valence-electron chi connectivity index (χ2n) is 4.60. The first-order valence-electron chi connectivity index (χ1n) is 5.55. The molecule has 0 amide bonds. The number of sulfonamides is 1. The molecule has 1 saturated carbocycles. The lowest BCUT2D eigenvalue weighted by Gasteiger charge is -2.13. The van der Waals surface area contributed by atoms with Gasteiger partial charge in [-0.1, -0.05) is 15.9 Å². The van der Waals surface area contributed by atoms with Crippen LogP contribution in [0.3, 0.4) is 0 Å². The summed E-state index contributed by atoms with van der Waals surface area (Å²) in [6, 6.07) is 0. The van der Waals surface area contributed by atoms with Crippen molar-refractivity contribution >= 4 is 26.0 Å². The molecule has 1 aromatic rings. The molecule has 0 aromatic carbocycles. The van der Waals surface area contributed by atoms with Crippen molar-refractivity contribution in [2.24, 2.45) is 5.41 Å². The van der Waals surface area contributed by atoms with Gasteiger partial charge in [-0.2, -0.15) is 0 Å². The molecule has 0 saturated heterocycles. The lowest BCUT2D eigenvalue weighted by Crippen LogP contribution is -2.30. The van der Waals surface area contributed by atoms with Gasteiger partial charge in [0, 0.05) is 11.9 Å². The van der Waals surface area contributed by atoms with E-state index in [2.05, 4.69) is 30.6 Å². The predicted molar refractivity (Wildman–Crippen MR) is 68.6 cm³/mol. The van der Waals surface area contributed by atoms with Crippen LogP contribution < -0.4 is 4.72 Å². The number of nitrogens with zero attached hydrogens (tertiary/aromatic N) is 1. The van der Waals surface area contributed by atoms with Crippen molar-refractivity contribution in [3.63, 3.8) is 0 Å². The number of H-pyrrole nitrogens is 1. The fraction of sp³-hybridized carbons (Fsp3) is 0.700. The highest BCUT2D eigenvalue weighted by Gasteiger charge is 2.42. The number of rotatable bonds is 6. The molecule has 0 atom stereocenters. The van der Waals surface area contributed by atoms with Crippen LogP contribution in [0.1, 0.15) is 25.1 Å². The lowest BCUT2D eigenvalue weighted by atomic mass is 10.1. The smallest absolute Gasteiger partial charge is 0.257 e. The van der Waals surface area contributed by atoms with Crippen LogP contribution in [-0.4, -0.2) is 30.3 Å². The van der Waals surface area contributed by atoms with Crippen LogP contribution in [0.5, 0.6) is 0 Å². The molecule has 2 rings (SSSR count). The Morgan fingerprint density at radius 3 is 2.76 bits per heavy atom. The highest BCUT2D eigenvalue weighted by atomic mass is 79.9. The summed E-state index contributed by atoms with van der Waals surface area (Å²) in [5.41, 5.74) is 0.172. The lowest BCUT2D eigenvalue weighted by molar-refractivity contribution is 0.479. The fourth-order valence-electron chi connectivity index (χ4n) is 1.75. The zero-order chi connectivity index (χ0) is 12.5. The SMILES string of the molecule is Cc1ncc(S(=O)(=O)NCC2(CCBr)CC2)[nH]1. The number of aromatic nitrogens is 2. The first-order chi connectivity index (χ1) is 7.97. The van der Waals surface area contributed by atoms with Crippen LogP contribution in [0.15, 0.2) is 11.2 Å². The summed E-state index contributed by atoms with van der Waals surface area (Å²) >= 11 is 3.40. The molecule has 1 heterocycles. The Balaban J connectivity index is 1.99. The monoisotopic (exact) mass is 321 g/mol. The summed E-state index contributed by atoms with van der Waals surface area (Å²) in [7, 11) is -3.43. The zero-order valence-corrected chi connectivity index (χ0v) is 12.1. The Hall–Kier alpha value is -0.400. The first kappa shape index (κ1) is 13.0. The summed E-state index contributed by atoms with van der Waals surface area (Å²) in [6.07, 6.45) is 4.56. The maximum Gasteiger partial charge on any atom is 0.257 e. The van der Waals surface area contributed by atoms with Gasteiger partial charge in [0.05, 0.1) is 6.20 Å². The van der Waals surface area contributed by atoms with Gasteiger partial charge in [-0.05, 0) is 31.6 Å². The third kappa shape index (κ3) is 3.08. The molecule has 0 spiro atoms. The molecular formula is C10H16BrN3O2S. The number of aromatic amines is 1.